The average Bonchev–Trinajstić information content (AvgIpc) is 3.65. The molecule has 51 heavy (non-hydrogen) atoms. The van der Waals surface area contributed by atoms with Crippen LogP contribution in [0.5, 0.6) is 0 Å². The second-order valence-corrected chi connectivity index (χ2v) is 13.4. The summed E-state index contributed by atoms with van der Waals surface area (Å²) in [5.74, 6) is -0.231. The van der Waals surface area contributed by atoms with Crippen molar-refractivity contribution in [1.29, 1.82) is 0 Å². The zero-order valence-corrected chi connectivity index (χ0v) is 29.0. The van der Waals surface area contributed by atoms with Crippen LogP contribution in [0.3, 0.4) is 0 Å². The number of unbranched alkanes of at least 4 members (excludes halogenated alkanes) is 2. The molecule has 4 aromatic carbocycles. The molecule has 0 aliphatic carbocycles. The highest BCUT2D eigenvalue weighted by Gasteiger charge is 2.32. The Morgan fingerprint density at radius 2 is 1.59 bits per heavy atom. The van der Waals surface area contributed by atoms with E-state index in [1.807, 2.05) is 97.1 Å². The van der Waals surface area contributed by atoms with E-state index in [4.69, 9.17) is 14.6 Å². The molecule has 0 spiro atoms. The molecule has 1 saturated heterocycles. The van der Waals surface area contributed by atoms with Gasteiger partial charge in [0.25, 0.3) is 0 Å². The van der Waals surface area contributed by atoms with Crippen molar-refractivity contribution in [3.63, 3.8) is 0 Å². The van der Waals surface area contributed by atoms with Crippen LogP contribution in [-0.2, 0) is 32.2 Å². The summed E-state index contributed by atoms with van der Waals surface area (Å²) in [6, 6.07) is 33.8. The molecule has 1 aliphatic heterocycles. The first kappa shape index (κ1) is 35.9. The zero-order chi connectivity index (χ0) is 35.4. The Bertz CT molecular complexity index is 1870. The Kier molecular flexibility index (Phi) is 12.6. The Morgan fingerprint density at radius 3 is 2.35 bits per heavy atom. The van der Waals surface area contributed by atoms with Gasteiger partial charge in [0.05, 0.1) is 24.5 Å². The Hall–Kier alpha value is -4.88. The van der Waals surface area contributed by atoms with Crippen molar-refractivity contribution < 1.29 is 29.3 Å². The average molecular weight is 708 g/mol. The summed E-state index contributed by atoms with van der Waals surface area (Å²) in [7, 11) is 0. The number of carboxylic acid groups (broad SMARTS) is 1. The predicted molar refractivity (Wildman–Crippen MR) is 193 cm³/mol. The minimum absolute atomic E-state index is 0.0194. The molecule has 264 valence electrons. The standard InChI is InChI=1S/C39H41N5O6S/c45-25-27-14-16-30(17-15-27)35-23-34(26-51-39-41-42-43-44(39)33-10-3-1-4-11-33)49-38(50-35)31-20-18-29(19-21-31)32-9-7-8-28(22-32)24-40-36(46)12-5-2-6-13-37(47)48/h1,3-4,7-11,14-22,34-35,38,45H,2,5-6,12-13,23-26H2,(H,40,46)(H,47,48). The molecule has 0 saturated carbocycles. The van der Waals surface area contributed by atoms with Gasteiger partial charge in [-0.3, -0.25) is 9.59 Å². The van der Waals surface area contributed by atoms with E-state index in [9.17, 15) is 14.7 Å². The summed E-state index contributed by atoms with van der Waals surface area (Å²) < 4.78 is 14.8. The topological polar surface area (TPSA) is 149 Å². The number of carbonyl (C=O) groups is 2. The first-order valence-corrected chi connectivity index (χ1v) is 18.1. The fourth-order valence-corrected chi connectivity index (χ4v) is 6.82. The van der Waals surface area contributed by atoms with Crippen molar-refractivity contribution in [2.75, 3.05) is 5.75 Å². The van der Waals surface area contributed by atoms with Crippen LogP contribution in [-0.4, -0.2) is 54.2 Å². The number of amides is 1. The van der Waals surface area contributed by atoms with Gasteiger partial charge in [-0.25, -0.2) is 0 Å². The molecule has 0 radical (unpaired) electrons. The van der Waals surface area contributed by atoms with E-state index < -0.39 is 12.3 Å². The molecular formula is C39H41N5O6S. The number of para-hydroxylation sites is 1. The van der Waals surface area contributed by atoms with Crippen molar-refractivity contribution in [1.82, 2.24) is 25.5 Å². The van der Waals surface area contributed by atoms with Gasteiger partial charge in [0.15, 0.2) is 6.29 Å². The number of nitrogens with zero attached hydrogens (tertiary/aromatic N) is 4. The predicted octanol–water partition coefficient (Wildman–Crippen LogP) is 6.81. The maximum atomic E-state index is 12.3. The molecule has 6 rings (SSSR count). The normalized spacial score (nSPS) is 17.2. The number of hydrogen-bond donors (Lipinski definition) is 3. The van der Waals surface area contributed by atoms with Gasteiger partial charge in [-0.2, -0.15) is 4.68 Å². The van der Waals surface area contributed by atoms with Crippen LogP contribution in [0, 0.1) is 0 Å². The number of nitrogens with one attached hydrogen (secondary N) is 1. The van der Waals surface area contributed by atoms with Crippen LogP contribution in [0.25, 0.3) is 16.8 Å². The van der Waals surface area contributed by atoms with E-state index in [0.717, 1.165) is 45.5 Å². The first-order valence-electron chi connectivity index (χ1n) is 17.1. The van der Waals surface area contributed by atoms with Gasteiger partial charge in [0.1, 0.15) is 0 Å². The fraction of sp³-hybridized carbons (Fsp3) is 0.308. The highest BCUT2D eigenvalue weighted by atomic mass is 32.2. The zero-order valence-electron chi connectivity index (χ0n) is 28.1. The van der Waals surface area contributed by atoms with E-state index in [-0.39, 0.29) is 31.1 Å². The van der Waals surface area contributed by atoms with Gasteiger partial charge in [0.2, 0.25) is 11.1 Å². The lowest BCUT2D eigenvalue weighted by atomic mass is 9.99. The monoisotopic (exact) mass is 707 g/mol. The molecule has 1 fully saturated rings. The molecule has 1 amide bonds. The molecular weight excluding hydrogens is 667 g/mol. The van der Waals surface area contributed by atoms with Crippen molar-refractivity contribution >= 4 is 23.6 Å². The van der Waals surface area contributed by atoms with Gasteiger partial charge in [-0.05, 0) is 69.3 Å². The van der Waals surface area contributed by atoms with Crippen LogP contribution >= 0.6 is 11.8 Å². The summed E-state index contributed by atoms with van der Waals surface area (Å²) in [6.07, 6.45) is 2.15. The van der Waals surface area contributed by atoms with Crippen molar-refractivity contribution in [3.8, 4) is 16.8 Å². The molecule has 1 aliphatic rings. The Labute approximate surface area is 301 Å². The molecule has 0 bridgehead atoms. The van der Waals surface area contributed by atoms with Gasteiger partial charge < -0.3 is 25.0 Å². The number of benzene rings is 4. The lowest BCUT2D eigenvalue weighted by molar-refractivity contribution is -0.245. The molecule has 2 heterocycles. The highest BCUT2D eigenvalue weighted by molar-refractivity contribution is 7.99. The van der Waals surface area contributed by atoms with Crippen LogP contribution in [0.2, 0.25) is 0 Å². The summed E-state index contributed by atoms with van der Waals surface area (Å²) in [4.78, 5) is 23.0. The number of carboxylic acids is 1. The maximum Gasteiger partial charge on any atom is 0.303 e. The summed E-state index contributed by atoms with van der Waals surface area (Å²) in [6.45, 7) is 0.399. The van der Waals surface area contributed by atoms with Gasteiger partial charge >= 0.3 is 5.97 Å². The van der Waals surface area contributed by atoms with E-state index >= 15 is 0 Å². The minimum atomic E-state index is -0.806. The van der Waals surface area contributed by atoms with Crippen LogP contribution < -0.4 is 5.32 Å². The number of hydrogen-bond acceptors (Lipinski definition) is 9. The number of carbonyl (C=O) groups excluding carboxylic acids is 1. The summed E-state index contributed by atoms with van der Waals surface area (Å²) in [5.41, 5.74) is 6.68. The van der Waals surface area contributed by atoms with Crippen molar-refractivity contribution in [3.05, 3.63) is 125 Å². The van der Waals surface area contributed by atoms with E-state index in [2.05, 4.69) is 26.9 Å². The number of tetrazole rings is 1. The largest absolute Gasteiger partial charge is 0.481 e. The third kappa shape index (κ3) is 10.1. The van der Waals surface area contributed by atoms with Crippen molar-refractivity contribution in [2.24, 2.45) is 0 Å². The minimum Gasteiger partial charge on any atom is -0.481 e. The van der Waals surface area contributed by atoms with Crippen LogP contribution in [0.15, 0.2) is 108 Å². The molecule has 11 nitrogen and oxygen atoms in total. The maximum absolute atomic E-state index is 12.3. The Morgan fingerprint density at radius 1 is 0.824 bits per heavy atom. The number of aliphatic carboxylic acids is 1. The molecule has 12 heteroatoms. The fourth-order valence-electron chi connectivity index (χ4n) is 5.91. The number of aromatic nitrogens is 4. The molecule has 1 aromatic heterocycles. The lowest BCUT2D eigenvalue weighted by Crippen LogP contribution is -2.31. The third-order valence-corrected chi connectivity index (χ3v) is 9.73. The third-order valence-electron chi connectivity index (χ3n) is 8.68. The number of aliphatic hydroxyl groups excluding tert-OH is 1. The lowest BCUT2D eigenvalue weighted by Gasteiger charge is -2.36. The molecule has 3 unspecified atom stereocenters. The second-order valence-electron chi connectivity index (χ2n) is 12.4. The summed E-state index contributed by atoms with van der Waals surface area (Å²) >= 11 is 1.54. The quantitative estimate of drug-likeness (QED) is 0.0738. The first-order chi connectivity index (χ1) is 24.9. The Balaban J connectivity index is 1.11. The van der Waals surface area contributed by atoms with Crippen molar-refractivity contribution in [2.45, 2.75) is 75.3 Å². The SMILES string of the molecule is O=C(O)CCCCCC(=O)NCc1cccc(-c2ccc(C3OC(CSc4nnnn4-c4ccccc4)CC(c4ccc(CO)cc4)O3)cc2)c1. The van der Waals surface area contributed by atoms with Gasteiger partial charge in [-0.15, -0.1) is 5.10 Å². The number of thioether (sulfide) groups is 1. The van der Waals surface area contributed by atoms with Gasteiger partial charge in [-0.1, -0.05) is 103 Å². The van der Waals surface area contributed by atoms with Gasteiger partial charge in [0, 0.05) is 37.1 Å². The molecule has 3 N–H and O–H groups in total. The smallest absolute Gasteiger partial charge is 0.303 e. The summed E-state index contributed by atoms with van der Waals surface area (Å²) in [5, 5.41) is 34.3. The van der Waals surface area contributed by atoms with E-state index in [1.165, 1.54) is 11.8 Å². The van der Waals surface area contributed by atoms with Crippen LogP contribution in [0.1, 0.15) is 73.2 Å². The molecule has 3 atom stereocenters. The molecule has 5 aromatic rings. The number of aliphatic hydroxyl groups is 1. The second kappa shape index (κ2) is 17.9. The highest BCUT2D eigenvalue weighted by Crippen LogP contribution is 2.40. The van der Waals surface area contributed by atoms with E-state index in [0.29, 0.717) is 43.1 Å². The van der Waals surface area contributed by atoms with E-state index in [1.54, 1.807) is 4.68 Å². The van der Waals surface area contributed by atoms with Crippen LogP contribution in [0.4, 0.5) is 0 Å². The number of rotatable bonds is 16. The number of ether oxygens (including phenoxy) is 2.